The fourth-order valence-corrected chi connectivity index (χ4v) is 6.42. The number of rotatable bonds is 10. The van der Waals surface area contributed by atoms with E-state index in [-0.39, 0.29) is 12.1 Å². The molecule has 0 aliphatic heterocycles. The number of hydrogen-bond donors (Lipinski definition) is 1. The van der Waals surface area contributed by atoms with Gasteiger partial charge in [0.25, 0.3) is 5.91 Å². The number of nitroso groups, excluding NO2 is 1. The zero-order valence-corrected chi connectivity index (χ0v) is 25.8. The summed E-state index contributed by atoms with van der Waals surface area (Å²) in [6.07, 6.45) is 14.9. The van der Waals surface area contributed by atoms with Crippen molar-refractivity contribution in [2.75, 3.05) is 0 Å². The van der Waals surface area contributed by atoms with Gasteiger partial charge in [0.1, 0.15) is 6.54 Å². The molecule has 6 rings (SSSR count). The monoisotopic (exact) mass is 603 g/mol. The Bertz CT molecular complexity index is 2130. The molecular weight excluding hydrogens is 570 g/mol. The summed E-state index contributed by atoms with van der Waals surface area (Å²) in [4.78, 5) is 28.6. The maximum atomic E-state index is 12.8. The molecular formula is C39H33N5O2. The van der Waals surface area contributed by atoms with Crippen LogP contribution in [0.15, 0.2) is 110 Å². The van der Waals surface area contributed by atoms with Gasteiger partial charge in [-0.25, -0.2) is 0 Å². The van der Waals surface area contributed by atoms with Gasteiger partial charge in [0.05, 0.1) is 28.0 Å². The number of pyridine rings is 1. The van der Waals surface area contributed by atoms with Crippen LogP contribution in [0.5, 0.6) is 0 Å². The Morgan fingerprint density at radius 1 is 0.826 bits per heavy atom. The molecule has 6 aromatic rings. The summed E-state index contributed by atoms with van der Waals surface area (Å²) in [7, 11) is 0. The molecule has 0 atom stereocenters. The van der Waals surface area contributed by atoms with Gasteiger partial charge in [-0.2, -0.15) is 4.91 Å². The Morgan fingerprint density at radius 2 is 1.35 bits per heavy atom. The van der Waals surface area contributed by atoms with Crippen molar-refractivity contribution in [2.45, 2.75) is 20.4 Å². The zero-order valence-electron chi connectivity index (χ0n) is 25.8. The van der Waals surface area contributed by atoms with Crippen molar-refractivity contribution in [1.29, 1.82) is 0 Å². The van der Waals surface area contributed by atoms with Crippen molar-refractivity contribution >= 4 is 52.0 Å². The highest BCUT2D eigenvalue weighted by Gasteiger charge is 2.22. The summed E-state index contributed by atoms with van der Waals surface area (Å²) in [5, 5.41) is 5.26. The van der Waals surface area contributed by atoms with E-state index in [1.165, 1.54) is 6.20 Å². The van der Waals surface area contributed by atoms with Gasteiger partial charge < -0.3 is 14.9 Å². The normalized spacial score (nSPS) is 11.6. The molecule has 0 aliphatic carbocycles. The van der Waals surface area contributed by atoms with E-state index in [4.69, 9.17) is 5.73 Å². The number of para-hydroxylation sites is 2. The average Bonchev–Trinajstić information content (AvgIpc) is 3.56. The van der Waals surface area contributed by atoms with Crippen LogP contribution < -0.4 is 5.73 Å². The zero-order chi connectivity index (χ0) is 32.4. The van der Waals surface area contributed by atoms with E-state index in [9.17, 15) is 9.70 Å². The first-order chi connectivity index (χ1) is 22.5. The van der Waals surface area contributed by atoms with Crippen LogP contribution in [-0.2, 0) is 6.54 Å². The molecule has 0 bridgehead atoms. The Hall–Kier alpha value is -6.08. The summed E-state index contributed by atoms with van der Waals surface area (Å²) in [6, 6.07) is 22.5. The first-order valence-electron chi connectivity index (χ1n) is 15.0. The molecule has 1 amide bonds. The van der Waals surface area contributed by atoms with Gasteiger partial charge in [0.15, 0.2) is 0 Å². The molecule has 0 radical (unpaired) electrons. The lowest BCUT2D eigenvalue weighted by molar-refractivity contribution is 0.100. The van der Waals surface area contributed by atoms with E-state index in [1.54, 1.807) is 6.20 Å². The minimum Gasteiger partial charge on any atom is -0.366 e. The second kappa shape index (κ2) is 12.5. The highest BCUT2D eigenvalue weighted by molar-refractivity contribution is 6.01. The van der Waals surface area contributed by atoms with Crippen molar-refractivity contribution in [2.24, 2.45) is 10.9 Å². The minimum absolute atomic E-state index is 0.170. The number of nitrogens with two attached hydrogens (primary N) is 1. The number of allylic oxidation sites excluding steroid dienone is 2. The van der Waals surface area contributed by atoms with Crippen LogP contribution in [0.25, 0.3) is 68.6 Å². The Morgan fingerprint density at radius 3 is 1.80 bits per heavy atom. The second-order valence-electron chi connectivity index (χ2n) is 10.8. The molecule has 0 unspecified atom stereocenters. The average molecular weight is 604 g/mol. The smallest absolute Gasteiger partial charge is 0.250 e. The number of fused-ring (bicyclic) bond motifs is 2. The van der Waals surface area contributed by atoms with Crippen molar-refractivity contribution in [3.8, 4) is 22.5 Å². The Balaban J connectivity index is 1.82. The third-order valence-electron chi connectivity index (χ3n) is 8.19. The van der Waals surface area contributed by atoms with Gasteiger partial charge in [0.2, 0.25) is 0 Å². The summed E-state index contributed by atoms with van der Waals surface area (Å²) >= 11 is 0. The molecule has 0 saturated carbocycles. The first-order valence-corrected chi connectivity index (χ1v) is 15.0. The van der Waals surface area contributed by atoms with Crippen LogP contribution in [0.2, 0.25) is 0 Å². The number of primary amides is 1. The van der Waals surface area contributed by atoms with Crippen molar-refractivity contribution < 1.29 is 4.79 Å². The fraction of sp³-hybridized carbons (Fsp3) is 0.0769. The molecule has 2 N–H and O–H groups in total. The lowest BCUT2D eigenvalue weighted by Crippen LogP contribution is -2.14. The van der Waals surface area contributed by atoms with Crippen LogP contribution in [0, 0.1) is 4.91 Å². The summed E-state index contributed by atoms with van der Waals surface area (Å²) in [5.74, 6) is -0.646. The van der Waals surface area contributed by atoms with E-state index >= 15 is 0 Å². The lowest BCUT2D eigenvalue weighted by atomic mass is 9.95. The Kier molecular flexibility index (Phi) is 8.14. The number of aromatic nitrogens is 3. The first kappa shape index (κ1) is 30.0. The van der Waals surface area contributed by atoms with Crippen LogP contribution in [-0.4, -0.2) is 20.0 Å². The quantitative estimate of drug-likeness (QED) is 0.158. The molecule has 46 heavy (non-hydrogen) atoms. The predicted octanol–water partition coefficient (Wildman–Crippen LogP) is 9.35. The summed E-state index contributed by atoms with van der Waals surface area (Å²) < 4.78 is 4.38. The highest BCUT2D eigenvalue weighted by atomic mass is 16.3. The number of carbonyl (C=O) groups excluding carboxylic acids is 1. The van der Waals surface area contributed by atoms with E-state index in [2.05, 4.69) is 74.9 Å². The number of amides is 1. The van der Waals surface area contributed by atoms with E-state index in [1.807, 2.05) is 74.5 Å². The fourth-order valence-electron chi connectivity index (χ4n) is 6.42. The van der Waals surface area contributed by atoms with Crippen molar-refractivity contribution in [3.63, 3.8) is 0 Å². The van der Waals surface area contributed by atoms with Crippen LogP contribution in [0.3, 0.4) is 0 Å². The molecule has 3 heterocycles. The summed E-state index contributed by atoms with van der Waals surface area (Å²) in [6.45, 7) is 12.1. The van der Waals surface area contributed by atoms with E-state index < -0.39 is 5.91 Å². The topological polar surface area (TPSA) is 95.3 Å². The second-order valence-corrected chi connectivity index (χ2v) is 10.8. The molecule has 226 valence electrons. The van der Waals surface area contributed by atoms with Gasteiger partial charge in [-0.1, -0.05) is 79.0 Å². The van der Waals surface area contributed by atoms with Crippen LogP contribution >= 0.6 is 0 Å². The lowest BCUT2D eigenvalue weighted by Gasteiger charge is -2.19. The maximum absolute atomic E-state index is 12.8. The van der Waals surface area contributed by atoms with E-state index in [0.29, 0.717) is 16.7 Å². The van der Waals surface area contributed by atoms with Crippen LogP contribution in [0.4, 0.5) is 0 Å². The van der Waals surface area contributed by atoms with Crippen molar-refractivity contribution in [1.82, 2.24) is 14.1 Å². The third-order valence-corrected chi connectivity index (χ3v) is 8.19. The number of benzene rings is 3. The van der Waals surface area contributed by atoms with E-state index in [0.717, 1.165) is 55.7 Å². The maximum Gasteiger partial charge on any atom is 0.250 e. The molecule has 7 heteroatoms. The molecule has 3 aromatic carbocycles. The molecule has 7 nitrogen and oxygen atoms in total. The SMILES string of the molecule is C=Cc1c(/C=C\C)n(-c2cc(-c3c(CN=O)cncc3C(N)=O)cc(-n3c(/C=C\C)c(C=C)c4ccccc43)c2)c2ccccc12. The Labute approximate surface area is 267 Å². The minimum atomic E-state index is -0.646. The summed E-state index contributed by atoms with van der Waals surface area (Å²) in [5.41, 5.74) is 15.4. The van der Waals surface area contributed by atoms with Gasteiger partial charge in [-0.15, -0.1) is 0 Å². The van der Waals surface area contributed by atoms with Gasteiger partial charge in [0, 0.05) is 56.8 Å². The van der Waals surface area contributed by atoms with Crippen molar-refractivity contribution in [3.05, 3.63) is 143 Å². The van der Waals surface area contributed by atoms with Crippen LogP contribution in [0.1, 0.15) is 52.3 Å². The largest absolute Gasteiger partial charge is 0.366 e. The molecule has 0 spiro atoms. The predicted molar refractivity (Wildman–Crippen MR) is 191 cm³/mol. The van der Waals surface area contributed by atoms with Gasteiger partial charge >= 0.3 is 0 Å². The number of carbonyl (C=O) groups is 1. The highest BCUT2D eigenvalue weighted by Crippen LogP contribution is 2.39. The standard InChI is InChI=1S/C39H33N5O2/c1-5-13-34-29(7-3)31-15-9-11-17-36(31)43(34)27-19-25(38-26(23-42-46)22-41-24-33(38)39(40)45)20-28(21-27)44-35(14-6-2)30(8-4)32-16-10-12-18-37(32)44/h5-22,24H,3-4,23H2,1-2H3,(H2,40,45)/b13-5-,14-6-. The molecule has 3 aromatic heterocycles. The molecule has 0 saturated heterocycles. The number of hydrogen-bond acceptors (Lipinski definition) is 4. The third kappa shape index (κ3) is 4.88. The van der Waals surface area contributed by atoms with Gasteiger partial charge in [-0.05, 0) is 61.9 Å². The molecule has 0 fully saturated rings. The number of nitrogens with zero attached hydrogens (tertiary/aromatic N) is 4. The van der Waals surface area contributed by atoms with Gasteiger partial charge in [-0.3, -0.25) is 9.78 Å². The molecule has 0 aliphatic rings.